The highest BCUT2D eigenvalue weighted by Gasteiger charge is 2.15. The second-order valence-electron chi connectivity index (χ2n) is 2.93. The van der Waals surface area contributed by atoms with E-state index >= 15 is 0 Å². The lowest BCUT2D eigenvalue weighted by atomic mass is 10.1. The van der Waals surface area contributed by atoms with Crippen molar-refractivity contribution in [1.82, 2.24) is 0 Å². The minimum atomic E-state index is -0.191. The van der Waals surface area contributed by atoms with Gasteiger partial charge in [0.15, 0.2) is 0 Å². The zero-order chi connectivity index (χ0) is 8.81. The first-order valence-electron chi connectivity index (χ1n) is 4.25. The average Bonchev–Trinajstić information content (AvgIpc) is 2.49. The summed E-state index contributed by atoms with van der Waals surface area (Å²) in [5.41, 5.74) is 0. The Morgan fingerprint density at radius 1 is 1.50 bits per heavy atom. The van der Waals surface area contributed by atoms with E-state index < -0.39 is 0 Å². The predicted octanol–water partition coefficient (Wildman–Crippen LogP) is 3.47. The summed E-state index contributed by atoms with van der Waals surface area (Å²) in [7, 11) is 3.97. The number of hydrogen-bond donors (Lipinski definition) is 0. The van der Waals surface area contributed by atoms with Gasteiger partial charge in [0, 0.05) is 17.4 Å². The van der Waals surface area contributed by atoms with Crippen molar-refractivity contribution in [3.63, 3.8) is 0 Å². The summed E-state index contributed by atoms with van der Waals surface area (Å²) in [6.07, 6.45) is 5.25. The Morgan fingerprint density at radius 2 is 2.33 bits per heavy atom. The highest BCUT2D eigenvalue weighted by atomic mass is 35.5. The molecule has 1 heterocycles. The lowest BCUT2D eigenvalue weighted by molar-refractivity contribution is -0.111. The number of carbonyl (C=O) groups is 1. The third-order valence-corrected chi connectivity index (χ3v) is 5.07. The van der Waals surface area contributed by atoms with Crippen LogP contribution in [0.1, 0.15) is 32.1 Å². The average molecular weight is 225 g/mol. The number of rotatable bonds is 5. The first-order chi connectivity index (χ1) is 5.79. The molecule has 1 aliphatic heterocycles. The van der Waals surface area contributed by atoms with Crippen molar-refractivity contribution < 1.29 is 4.79 Å². The minimum Gasteiger partial charge on any atom is -0.281 e. The van der Waals surface area contributed by atoms with Crippen molar-refractivity contribution in [3.05, 3.63) is 0 Å². The van der Waals surface area contributed by atoms with Gasteiger partial charge in [-0.2, -0.15) is 0 Å². The lowest BCUT2D eigenvalue weighted by Gasteiger charge is -2.04. The Morgan fingerprint density at radius 3 is 2.92 bits per heavy atom. The largest absolute Gasteiger partial charge is 0.281 e. The summed E-state index contributed by atoms with van der Waals surface area (Å²) in [5, 5.41) is 0.642. The van der Waals surface area contributed by atoms with Crippen LogP contribution in [-0.4, -0.2) is 16.2 Å². The molecule has 0 aromatic heterocycles. The first kappa shape index (κ1) is 10.7. The second-order valence-corrected chi connectivity index (χ2v) is 6.14. The van der Waals surface area contributed by atoms with Crippen LogP contribution in [0.3, 0.4) is 0 Å². The van der Waals surface area contributed by atoms with Crippen LogP contribution in [0, 0.1) is 0 Å². The van der Waals surface area contributed by atoms with Crippen molar-refractivity contribution in [2.45, 2.75) is 37.4 Å². The molecule has 1 nitrogen and oxygen atoms in total. The first-order valence-corrected chi connectivity index (χ1v) is 7.01. The summed E-state index contributed by atoms with van der Waals surface area (Å²) in [5.74, 6) is 1.30. The fourth-order valence-corrected chi connectivity index (χ4v) is 4.36. The molecule has 0 saturated carbocycles. The quantitative estimate of drug-likeness (QED) is 0.405. The lowest BCUT2D eigenvalue weighted by Crippen LogP contribution is -1.97. The molecule has 0 aliphatic carbocycles. The van der Waals surface area contributed by atoms with E-state index in [4.69, 9.17) is 11.6 Å². The molecule has 0 amide bonds. The molecule has 1 aliphatic rings. The maximum atomic E-state index is 10.4. The molecule has 0 aromatic carbocycles. The Bertz CT molecular complexity index is 146. The van der Waals surface area contributed by atoms with Crippen molar-refractivity contribution in [1.29, 1.82) is 0 Å². The molecule has 1 fully saturated rings. The maximum Gasteiger partial charge on any atom is 0.221 e. The second kappa shape index (κ2) is 6.17. The highest BCUT2D eigenvalue weighted by molar-refractivity contribution is 8.77. The van der Waals surface area contributed by atoms with Gasteiger partial charge in [-0.05, 0) is 30.9 Å². The van der Waals surface area contributed by atoms with E-state index in [9.17, 15) is 4.79 Å². The van der Waals surface area contributed by atoms with Crippen molar-refractivity contribution in [3.8, 4) is 0 Å². The fraction of sp³-hybridized carbons (Fsp3) is 0.875. The number of carbonyl (C=O) groups excluding carboxylic acids is 1. The third kappa shape index (κ3) is 4.63. The van der Waals surface area contributed by atoms with Crippen LogP contribution in [0.2, 0.25) is 0 Å². The molecule has 70 valence electrons. The smallest absolute Gasteiger partial charge is 0.221 e. The summed E-state index contributed by atoms with van der Waals surface area (Å²) in [6, 6.07) is 0. The van der Waals surface area contributed by atoms with Crippen LogP contribution in [0.5, 0.6) is 0 Å². The Balaban J connectivity index is 1.91. The van der Waals surface area contributed by atoms with Gasteiger partial charge in [-0.3, -0.25) is 4.79 Å². The van der Waals surface area contributed by atoms with Gasteiger partial charge < -0.3 is 0 Å². The Hall–Kier alpha value is 0.660. The van der Waals surface area contributed by atoms with Crippen molar-refractivity contribution >= 4 is 38.4 Å². The molecule has 0 N–H and O–H groups in total. The zero-order valence-corrected chi connectivity index (χ0v) is 9.31. The minimum absolute atomic E-state index is 0.191. The molecule has 0 radical (unpaired) electrons. The molecule has 0 aromatic rings. The van der Waals surface area contributed by atoms with E-state index in [0.717, 1.165) is 18.1 Å². The summed E-state index contributed by atoms with van der Waals surface area (Å²) >= 11 is 5.22. The summed E-state index contributed by atoms with van der Waals surface area (Å²) in [6.45, 7) is 0. The molecule has 0 spiro atoms. The molecular formula is C8H13ClOS2. The topological polar surface area (TPSA) is 17.1 Å². The maximum absolute atomic E-state index is 10.4. The van der Waals surface area contributed by atoms with E-state index in [-0.39, 0.29) is 5.24 Å². The molecular weight excluding hydrogens is 212 g/mol. The molecule has 1 saturated heterocycles. The zero-order valence-electron chi connectivity index (χ0n) is 6.92. The van der Waals surface area contributed by atoms with Gasteiger partial charge in [-0.25, -0.2) is 0 Å². The van der Waals surface area contributed by atoms with Crippen LogP contribution in [-0.2, 0) is 4.79 Å². The van der Waals surface area contributed by atoms with E-state index in [1.807, 2.05) is 21.6 Å². The summed E-state index contributed by atoms with van der Waals surface area (Å²) < 4.78 is 0. The van der Waals surface area contributed by atoms with Gasteiger partial charge in [-0.1, -0.05) is 28.0 Å². The molecule has 1 atom stereocenters. The van der Waals surface area contributed by atoms with Crippen LogP contribution in [0.4, 0.5) is 0 Å². The number of halogens is 1. The highest BCUT2D eigenvalue weighted by Crippen LogP contribution is 2.39. The number of hydrogen-bond acceptors (Lipinski definition) is 3. The molecule has 1 rings (SSSR count). The van der Waals surface area contributed by atoms with Crippen molar-refractivity contribution in [2.75, 3.05) is 5.75 Å². The Labute approximate surface area is 86.4 Å². The van der Waals surface area contributed by atoms with Gasteiger partial charge >= 0.3 is 0 Å². The van der Waals surface area contributed by atoms with Crippen LogP contribution in [0.25, 0.3) is 0 Å². The summed E-state index contributed by atoms with van der Waals surface area (Å²) in [4.78, 5) is 10.4. The van der Waals surface area contributed by atoms with Gasteiger partial charge in [-0.15, -0.1) is 0 Å². The predicted molar refractivity (Wildman–Crippen MR) is 57.8 cm³/mol. The molecule has 0 bridgehead atoms. The third-order valence-electron chi connectivity index (χ3n) is 1.88. The van der Waals surface area contributed by atoms with Gasteiger partial charge in [0.25, 0.3) is 0 Å². The van der Waals surface area contributed by atoms with Crippen LogP contribution >= 0.6 is 33.2 Å². The number of unbranched alkanes of at least 4 members (excludes halogenated alkanes) is 1. The van der Waals surface area contributed by atoms with Crippen LogP contribution < -0.4 is 0 Å². The monoisotopic (exact) mass is 224 g/mol. The van der Waals surface area contributed by atoms with Crippen LogP contribution in [0.15, 0.2) is 0 Å². The SMILES string of the molecule is O=C(Cl)CCCC[C@@H]1CCSS1. The van der Waals surface area contributed by atoms with E-state index in [1.54, 1.807) is 0 Å². The molecule has 12 heavy (non-hydrogen) atoms. The standard InChI is InChI=1S/C8H13ClOS2/c9-8(10)4-2-1-3-7-5-6-11-12-7/h7H,1-6H2/t7-/m1/s1. The Kier molecular flexibility index (Phi) is 5.52. The normalized spacial score (nSPS) is 22.9. The molecule has 0 unspecified atom stereocenters. The van der Waals surface area contributed by atoms with E-state index in [0.29, 0.717) is 6.42 Å². The fourth-order valence-electron chi connectivity index (χ4n) is 1.20. The van der Waals surface area contributed by atoms with E-state index in [1.165, 1.54) is 18.6 Å². The molecule has 4 heteroatoms. The van der Waals surface area contributed by atoms with Gasteiger partial charge in [0.1, 0.15) is 0 Å². The van der Waals surface area contributed by atoms with Gasteiger partial charge in [0.2, 0.25) is 5.24 Å². The van der Waals surface area contributed by atoms with Gasteiger partial charge in [0.05, 0.1) is 0 Å². The van der Waals surface area contributed by atoms with Crippen molar-refractivity contribution in [2.24, 2.45) is 0 Å². The van der Waals surface area contributed by atoms with E-state index in [2.05, 4.69) is 0 Å².